The lowest BCUT2D eigenvalue weighted by molar-refractivity contribution is -0.122. The van der Waals surface area contributed by atoms with Crippen molar-refractivity contribution < 1.29 is 38.4 Å². The minimum Gasteiger partial charge on any atom is -0.508 e. The maximum atomic E-state index is 11.8. The molecule has 1 aromatic carbocycles. The number of benzene rings is 1. The van der Waals surface area contributed by atoms with Crippen molar-refractivity contribution in [2.24, 2.45) is 0 Å². The van der Waals surface area contributed by atoms with Gasteiger partial charge in [0.15, 0.2) is 0 Å². The zero-order valence-electron chi connectivity index (χ0n) is 20.7. The summed E-state index contributed by atoms with van der Waals surface area (Å²) in [6, 6.07) is 6.60. The van der Waals surface area contributed by atoms with Gasteiger partial charge in [-0.3, -0.25) is 9.59 Å². The normalized spacial score (nSPS) is 11.1. The van der Waals surface area contributed by atoms with Crippen LogP contribution in [0.25, 0.3) is 6.08 Å². The third kappa shape index (κ3) is 19.5. The fraction of sp³-hybridized carbons (Fsp3) is 0.600. The van der Waals surface area contributed by atoms with Gasteiger partial charge >= 0.3 is 0 Å². The van der Waals surface area contributed by atoms with Crippen LogP contribution in [-0.4, -0.2) is 96.6 Å². The Labute approximate surface area is 207 Å². The third-order valence-corrected chi connectivity index (χ3v) is 4.52. The molecule has 0 fully saturated rings. The van der Waals surface area contributed by atoms with Crippen LogP contribution in [0.2, 0.25) is 0 Å². The zero-order chi connectivity index (χ0) is 25.4. The topological polar surface area (TPSA) is 125 Å². The Morgan fingerprint density at radius 3 is 1.94 bits per heavy atom. The summed E-state index contributed by atoms with van der Waals surface area (Å²) >= 11 is 0. The molecule has 35 heavy (non-hydrogen) atoms. The van der Waals surface area contributed by atoms with E-state index in [1.54, 1.807) is 37.5 Å². The second kappa shape index (κ2) is 22.0. The number of methoxy groups -OCH3 is 1. The number of nitrogens with one attached hydrogen (secondary N) is 2. The van der Waals surface area contributed by atoms with Crippen molar-refractivity contribution in [2.45, 2.75) is 19.3 Å². The fourth-order valence-electron chi connectivity index (χ4n) is 2.64. The predicted molar refractivity (Wildman–Crippen MR) is 132 cm³/mol. The number of hydrogen-bond acceptors (Lipinski definition) is 8. The average Bonchev–Trinajstić information content (AvgIpc) is 2.86. The van der Waals surface area contributed by atoms with Gasteiger partial charge in [0.2, 0.25) is 11.8 Å². The first-order valence-electron chi connectivity index (χ1n) is 11.9. The van der Waals surface area contributed by atoms with Crippen LogP contribution in [0.4, 0.5) is 0 Å². The van der Waals surface area contributed by atoms with Crippen LogP contribution < -0.4 is 10.6 Å². The van der Waals surface area contributed by atoms with Gasteiger partial charge in [0.1, 0.15) is 5.75 Å². The van der Waals surface area contributed by atoms with Gasteiger partial charge < -0.3 is 39.4 Å². The van der Waals surface area contributed by atoms with Crippen LogP contribution in [0.3, 0.4) is 0 Å². The summed E-state index contributed by atoms with van der Waals surface area (Å²) in [5, 5.41) is 14.8. The Bertz CT molecular complexity index is 697. The Morgan fingerprint density at radius 2 is 1.31 bits per heavy atom. The highest BCUT2D eigenvalue weighted by Crippen LogP contribution is 2.10. The number of carbonyl (C=O) groups is 2. The van der Waals surface area contributed by atoms with E-state index in [1.807, 2.05) is 0 Å². The molecular weight excluding hydrogens is 456 g/mol. The lowest BCUT2D eigenvalue weighted by atomic mass is 10.2. The number of phenols is 1. The van der Waals surface area contributed by atoms with Crippen molar-refractivity contribution in [3.63, 3.8) is 0 Å². The Balaban J connectivity index is 1.79. The summed E-state index contributed by atoms with van der Waals surface area (Å²) in [5.74, 6) is -0.0146. The number of phenolic OH excluding ortho intramolecular Hbond substituents is 1. The van der Waals surface area contributed by atoms with Gasteiger partial charge in [-0.05, 0) is 36.6 Å². The van der Waals surface area contributed by atoms with Crippen molar-refractivity contribution in [3.05, 3.63) is 35.9 Å². The molecule has 0 heterocycles. The largest absolute Gasteiger partial charge is 0.508 e. The zero-order valence-corrected chi connectivity index (χ0v) is 20.7. The molecule has 1 rings (SSSR count). The van der Waals surface area contributed by atoms with Crippen molar-refractivity contribution in [2.75, 3.05) is 79.7 Å². The highest BCUT2D eigenvalue weighted by Gasteiger charge is 2.00. The Kier molecular flexibility index (Phi) is 19.2. The van der Waals surface area contributed by atoms with Gasteiger partial charge in [0, 0.05) is 45.9 Å². The van der Waals surface area contributed by atoms with Gasteiger partial charge in [-0.1, -0.05) is 12.1 Å². The van der Waals surface area contributed by atoms with E-state index in [4.69, 9.17) is 23.7 Å². The summed E-state index contributed by atoms with van der Waals surface area (Å²) < 4.78 is 26.5. The molecule has 10 nitrogen and oxygen atoms in total. The standard InChI is InChI=1S/C25H40N2O8/c1-31-16-17-34-15-10-25(30)27-12-3-14-33-19-21-35-20-18-32-13-2-11-26-24(29)9-6-22-4-7-23(28)8-5-22/h4-9,28H,2-3,10-21H2,1H3,(H,26,29)(H,27,30)/b9-6+. The lowest BCUT2D eigenvalue weighted by Crippen LogP contribution is -2.26. The minimum atomic E-state index is -0.174. The number of carbonyl (C=O) groups excluding carboxylic acids is 2. The van der Waals surface area contributed by atoms with Crippen molar-refractivity contribution in [1.29, 1.82) is 0 Å². The van der Waals surface area contributed by atoms with Crippen LogP contribution in [0, 0.1) is 0 Å². The molecule has 3 N–H and O–H groups in total. The number of hydrogen-bond donors (Lipinski definition) is 3. The molecule has 0 aliphatic carbocycles. The molecule has 0 radical (unpaired) electrons. The van der Waals surface area contributed by atoms with Crippen molar-refractivity contribution in [1.82, 2.24) is 10.6 Å². The highest BCUT2D eigenvalue weighted by molar-refractivity contribution is 5.91. The maximum absolute atomic E-state index is 11.8. The molecular formula is C25H40N2O8. The summed E-state index contributed by atoms with van der Waals surface area (Å²) in [6.45, 7) is 5.54. The van der Waals surface area contributed by atoms with E-state index in [0.717, 1.165) is 12.0 Å². The molecule has 2 amide bonds. The molecule has 0 aliphatic rings. The quantitative estimate of drug-likeness (QED) is 0.163. The van der Waals surface area contributed by atoms with Gasteiger partial charge in [-0.15, -0.1) is 0 Å². The Morgan fingerprint density at radius 1 is 0.771 bits per heavy atom. The minimum absolute atomic E-state index is 0.0319. The molecule has 0 aliphatic heterocycles. The molecule has 0 saturated carbocycles. The second-order valence-corrected chi connectivity index (χ2v) is 7.47. The summed E-state index contributed by atoms with van der Waals surface area (Å²) in [5.41, 5.74) is 0.840. The first-order valence-corrected chi connectivity index (χ1v) is 11.9. The number of aromatic hydroxyl groups is 1. The van der Waals surface area contributed by atoms with Crippen LogP contribution in [0.5, 0.6) is 5.75 Å². The summed E-state index contributed by atoms with van der Waals surface area (Å²) in [6.07, 6.45) is 4.94. The van der Waals surface area contributed by atoms with E-state index in [1.165, 1.54) is 6.08 Å². The molecule has 0 spiro atoms. The maximum Gasteiger partial charge on any atom is 0.244 e. The van der Waals surface area contributed by atoms with E-state index in [-0.39, 0.29) is 17.6 Å². The number of rotatable bonds is 22. The van der Waals surface area contributed by atoms with Crippen molar-refractivity contribution in [3.8, 4) is 5.75 Å². The summed E-state index contributed by atoms with van der Waals surface area (Å²) in [7, 11) is 1.61. The van der Waals surface area contributed by atoms with Crippen LogP contribution in [0.15, 0.2) is 30.3 Å². The smallest absolute Gasteiger partial charge is 0.244 e. The van der Waals surface area contributed by atoms with E-state index in [0.29, 0.717) is 85.4 Å². The molecule has 0 aromatic heterocycles. The predicted octanol–water partition coefficient (Wildman–Crippen LogP) is 1.52. The second-order valence-electron chi connectivity index (χ2n) is 7.47. The first-order chi connectivity index (χ1) is 17.1. The molecule has 0 bridgehead atoms. The first kappa shape index (κ1) is 30.5. The molecule has 0 atom stereocenters. The lowest BCUT2D eigenvalue weighted by Gasteiger charge is -2.08. The van der Waals surface area contributed by atoms with Crippen molar-refractivity contribution >= 4 is 17.9 Å². The molecule has 0 saturated heterocycles. The van der Waals surface area contributed by atoms with Gasteiger partial charge in [-0.25, -0.2) is 0 Å². The molecule has 0 unspecified atom stereocenters. The third-order valence-electron chi connectivity index (χ3n) is 4.52. The fourth-order valence-corrected chi connectivity index (χ4v) is 2.64. The van der Waals surface area contributed by atoms with Crippen LogP contribution in [0.1, 0.15) is 24.8 Å². The molecule has 198 valence electrons. The monoisotopic (exact) mass is 496 g/mol. The van der Waals surface area contributed by atoms with E-state index < -0.39 is 0 Å². The van der Waals surface area contributed by atoms with E-state index >= 15 is 0 Å². The van der Waals surface area contributed by atoms with Gasteiger partial charge in [0.25, 0.3) is 0 Å². The van der Waals surface area contributed by atoms with Gasteiger partial charge in [-0.2, -0.15) is 0 Å². The number of ether oxygens (including phenoxy) is 5. The van der Waals surface area contributed by atoms with Crippen LogP contribution >= 0.6 is 0 Å². The van der Waals surface area contributed by atoms with E-state index in [9.17, 15) is 14.7 Å². The SMILES string of the molecule is COCCOCCC(=O)NCCCOCCOCCOCCCNC(=O)/C=C/c1ccc(O)cc1. The highest BCUT2D eigenvalue weighted by atomic mass is 16.5. The summed E-state index contributed by atoms with van der Waals surface area (Å²) in [4.78, 5) is 23.3. The Hall–Kier alpha value is -2.50. The number of amides is 2. The average molecular weight is 497 g/mol. The van der Waals surface area contributed by atoms with E-state index in [2.05, 4.69) is 10.6 Å². The molecule has 10 heteroatoms. The van der Waals surface area contributed by atoms with Crippen LogP contribution in [-0.2, 0) is 33.3 Å². The van der Waals surface area contributed by atoms with Gasteiger partial charge in [0.05, 0.1) is 46.2 Å². The molecule has 1 aromatic rings.